The second kappa shape index (κ2) is 7.94. The summed E-state index contributed by atoms with van der Waals surface area (Å²) in [5.74, 6) is 1.16. The highest BCUT2D eigenvalue weighted by Crippen LogP contribution is 2.32. The fourth-order valence-electron chi connectivity index (χ4n) is 3.48. The van der Waals surface area contributed by atoms with Crippen LogP contribution in [0.5, 0.6) is 0 Å². The lowest BCUT2D eigenvalue weighted by Crippen LogP contribution is -2.13. The Balaban J connectivity index is 1.57. The van der Waals surface area contributed by atoms with Gasteiger partial charge in [0.2, 0.25) is 0 Å². The lowest BCUT2D eigenvalue weighted by atomic mass is 9.80. The number of pyridine rings is 1. The van der Waals surface area contributed by atoms with Crippen LogP contribution in [-0.4, -0.2) is 4.98 Å². The first-order valence-corrected chi connectivity index (χ1v) is 9.06. The lowest BCUT2D eigenvalue weighted by molar-refractivity contribution is 0.296. The molecule has 1 fully saturated rings. The second-order valence-corrected chi connectivity index (χ2v) is 7.14. The monoisotopic (exact) mass is 343 g/mol. The molecule has 1 aromatic carbocycles. The lowest BCUT2D eigenvalue weighted by Gasteiger charge is -2.26. The Morgan fingerprint density at radius 2 is 1.96 bits per heavy atom. The van der Waals surface area contributed by atoms with Crippen LogP contribution in [0, 0.1) is 17.7 Å². The standard InChI is InChI=1S/C21H23ClFN/c1-2-15-3-5-16(6-4-15)7-8-17-9-12-21(24-14-17)18-10-11-20(23)19(22)13-18/h2,9-16H,1,3-8H2. The second-order valence-electron chi connectivity index (χ2n) is 6.74. The van der Waals surface area contributed by atoms with Crippen LogP contribution in [0.2, 0.25) is 5.02 Å². The molecule has 1 heterocycles. The molecule has 126 valence electrons. The van der Waals surface area contributed by atoms with Gasteiger partial charge in [0.15, 0.2) is 0 Å². The minimum absolute atomic E-state index is 0.133. The van der Waals surface area contributed by atoms with Crippen molar-refractivity contribution in [3.8, 4) is 11.3 Å². The first-order valence-electron chi connectivity index (χ1n) is 8.68. The van der Waals surface area contributed by atoms with Gasteiger partial charge in [0.25, 0.3) is 0 Å². The quantitative estimate of drug-likeness (QED) is 0.567. The van der Waals surface area contributed by atoms with Gasteiger partial charge in [-0.05, 0) is 80.2 Å². The summed E-state index contributed by atoms with van der Waals surface area (Å²) in [4.78, 5) is 4.51. The minimum atomic E-state index is -0.400. The van der Waals surface area contributed by atoms with Gasteiger partial charge in [0.05, 0.1) is 10.7 Å². The molecule has 0 N–H and O–H groups in total. The molecule has 24 heavy (non-hydrogen) atoms. The number of aryl methyl sites for hydroxylation is 1. The zero-order valence-electron chi connectivity index (χ0n) is 13.8. The van der Waals surface area contributed by atoms with Crippen LogP contribution in [0.4, 0.5) is 4.39 Å². The van der Waals surface area contributed by atoms with E-state index in [2.05, 4.69) is 23.7 Å². The van der Waals surface area contributed by atoms with E-state index in [0.29, 0.717) is 0 Å². The summed E-state index contributed by atoms with van der Waals surface area (Å²) >= 11 is 5.84. The molecule has 0 saturated heterocycles. The summed E-state index contributed by atoms with van der Waals surface area (Å²) in [6.45, 7) is 3.91. The maximum Gasteiger partial charge on any atom is 0.141 e. The van der Waals surface area contributed by atoms with Gasteiger partial charge >= 0.3 is 0 Å². The summed E-state index contributed by atoms with van der Waals surface area (Å²) in [5.41, 5.74) is 2.93. The number of halogens is 2. The molecule has 3 rings (SSSR count). The SMILES string of the molecule is C=CC1CCC(CCc2ccc(-c3ccc(F)c(Cl)c3)nc2)CC1. The average molecular weight is 344 g/mol. The van der Waals surface area contributed by atoms with E-state index in [1.165, 1.54) is 43.7 Å². The van der Waals surface area contributed by atoms with Crippen LogP contribution in [0.1, 0.15) is 37.7 Å². The summed E-state index contributed by atoms with van der Waals surface area (Å²) in [6, 6.07) is 8.83. The van der Waals surface area contributed by atoms with E-state index >= 15 is 0 Å². The highest BCUT2D eigenvalue weighted by molar-refractivity contribution is 6.31. The van der Waals surface area contributed by atoms with E-state index in [0.717, 1.165) is 29.5 Å². The zero-order chi connectivity index (χ0) is 16.9. The Labute approximate surface area is 148 Å². The normalized spacial score (nSPS) is 20.8. The third kappa shape index (κ3) is 4.24. The maximum atomic E-state index is 13.2. The van der Waals surface area contributed by atoms with Crippen molar-refractivity contribution < 1.29 is 4.39 Å². The summed E-state index contributed by atoms with van der Waals surface area (Å²) in [6.07, 6.45) is 11.6. The zero-order valence-corrected chi connectivity index (χ0v) is 14.6. The largest absolute Gasteiger partial charge is 0.256 e. The van der Waals surface area contributed by atoms with Gasteiger partial charge in [-0.15, -0.1) is 6.58 Å². The average Bonchev–Trinajstić information content (AvgIpc) is 2.63. The number of benzene rings is 1. The van der Waals surface area contributed by atoms with Crippen LogP contribution in [0.15, 0.2) is 49.2 Å². The van der Waals surface area contributed by atoms with Gasteiger partial charge in [-0.2, -0.15) is 0 Å². The van der Waals surface area contributed by atoms with Gasteiger partial charge in [-0.1, -0.05) is 23.7 Å². The van der Waals surface area contributed by atoms with Crippen molar-refractivity contribution in [2.45, 2.75) is 38.5 Å². The number of rotatable bonds is 5. The van der Waals surface area contributed by atoms with E-state index in [1.807, 2.05) is 12.3 Å². The predicted molar refractivity (Wildman–Crippen MR) is 98.6 cm³/mol. The van der Waals surface area contributed by atoms with E-state index in [4.69, 9.17) is 11.6 Å². The third-order valence-electron chi connectivity index (χ3n) is 5.11. The van der Waals surface area contributed by atoms with Crippen molar-refractivity contribution in [3.05, 3.63) is 65.6 Å². The van der Waals surface area contributed by atoms with E-state index in [1.54, 1.807) is 12.1 Å². The van der Waals surface area contributed by atoms with Gasteiger partial charge in [0, 0.05) is 11.8 Å². The number of hydrogen-bond donors (Lipinski definition) is 0. The summed E-state index contributed by atoms with van der Waals surface area (Å²) in [5, 5.41) is 0.133. The third-order valence-corrected chi connectivity index (χ3v) is 5.40. The van der Waals surface area contributed by atoms with Gasteiger partial charge in [-0.3, -0.25) is 4.98 Å². The number of nitrogens with zero attached hydrogens (tertiary/aromatic N) is 1. The Morgan fingerprint density at radius 1 is 1.17 bits per heavy atom. The Kier molecular flexibility index (Phi) is 5.68. The first kappa shape index (κ1) is 17.2. The number of hydrogen-bond acceptors (Lipinski definition) is 1. The molecule has 1 aliphatic carbocycles. The van der Waals surface area contributed by atoms with Crippen molar-refractivity contribution in [2.75, 3.05) is 0 Å². The molecule has 0 atom stereocenters. The van der Waals surface area contributed by atoms with Gasteiger partial charge < -0.3 is 0 Å². The molecule has 0 aliphatic heterocycles. The molecule has 1 aliphatic rings. The molecule has 0 radical (unpaired) electrons. The molecule has 0 amide bonds. The number of aromatic nitrogens is 1. The van der Waals surface area contributed by atoms with Gasteiger partial charge in [0.1, 0.15) is 5.82 Å². The molecule has 3 heteroatoms. The molecule has 1 nitrogen and oxygen atoms in total. The van der Waals surface area contributed by atoms with Crippen LogP contribution in [0.3, 0.4) is 0 Å². The van der Waals surface area contributed by atoms with Crippen LogP contribution >= 0.6 is 11.6 Å². The molecule has 0 bridgehead atoms. The van der Waals surface area contributed by atoms with Crippen LogP contribution < -0.4 is 0 Å². The highest BCUT2D eigenvalue weighted by Gasteiger charge is 2.18. The van der Waals surface area contributed by atoms with E-state index in [-0.39, 0.29) is 5.02 Å². The van der Waals surface area contributed by atoms with Crippen molar-refractivity contribution >= 4 is 11.6 Å². The molecule has 0 spiro atoms. The fourth-order valence-corrected chi connectivity index (χ4v) is 3.66. The topological polar surface area (TPSA) is 12.9 Å². The molecule has 0 unspecified atom stereocenters. The van der Waals surface area contributed by atoms with Crippen molar-refractivity contribution in [1.82, 2.24) is 4.98 Å². The summed E-state index contributed by atoms with van der Waals surface area (Å²) in [7, 11) is 0. The predicted octanol–water partition coefficient (Wildman–Crippen LogP) is 6.47. The first-order chi connectivity index (χ1) is 11.7. The van der Waals surface area contributed by atoms with Crippen molar-refractivity contribution in [1.29, 1.82) is 0 Å². The maximum absolute atomic E-state index is 13.2. The molecule has 1 saturated carbocycles. The highest BCUT2D eigenvalue weighted by atomic mass is 35.5. The molecule has 2 aromatic rings. The van der Waals surface area contributed by atoms with Gasteiger partial charge in [-0.25, -0.2) is 4.39 Å². The summed E-state index contributed by atoms with van der Waals surface area (Å²) < 4.78 is 13.2. The Bertz CT molecular complexity index is 687. The van der Waals surface area contributed by atoms with Crippen molar-refractivity contribution in [2.24, 2.45) is 11.8 Å². The number of allylic oxidation sites excluding steroid dienone is 1. The van der Waals surface area contributed by atoms with Crippen LogP contribution in [-0.2, 0) is 6.42 Å². The van der Waals surface area contributed by atoms with E-state index < -0.39 is 5.82 Å². The fraction of sp³-hybridized carbons (Fsp3) is 0.381. The minimum Gasteiger partial charge on any atom is -0.256 e. The Hall–Kier alpha value is -1.67. The van der Waals surface area contributed by atoms with Crippen LogP contribution in [0.25, 0.3) is 11.3 Å². The van der Waals surface area contributed by atoms with E-state index in [9.17, 15) is 4.39 Å². The molecule has 1 aromatic heterocycles. The molecular formula is C21H23ClFN. The Morgan fingerprint density at radius 3 is 2.58 bits per heavy atom. The van der Waals surface area contributed by atoms with Crippen molar-refractivity contribution in [3.63, 3.8) is 0 Å². The smallest absolute Gasteiger partial charge is 0.141 e. The molecular weight excluding hydrogens is 321 g/mol.